The maximum absolute atomic E-state index is 6.10. The van der Waals surface area contributed by atoms with E-state index in [1.54, 1.807) is 0 Å². The predicted molar refractivity (Wildman–Crippen MR) is 102 cm³/mol. The molecule has 1 aromatic heterocycles. The van der Waals surface area contributed by atoms with Crippen LogP contribution in [0.15, 0.2) is 42.6 Å². The number of ether oxygens (including phenoxy) is 1. The van der Waals surface area contributed by atoms with E-state index in [2.05, 4.69) is 40.2 Å². The lowest BCUT2D eigenvalue weighted by Crippen LogP contribution is -2.25. The van der Waals surface area contributed by atoms with Crippen LogP contribution in [0.25, 0.3) is 11.3 Å². The number of nitrogens with zero attached hydrogens (tertiary/aromatic N) is 2. The molecule has 2 fully saturated rings. The Morgan fingerprint density at radius 2 is 1.84 bits per heavy atom. The quantitative estimate of drug-likeness (QED) is 0.751. The molecule has 1 saturated carbocycles. The van der Waals surface area contributed by atoms with Crippen molar-refractivity contribution in [3.8, 4) is 17.0 Å². The van der Waals surface area contributed by atoms with Crippen LogP contribution >= 0.6 is 0 Å². The number of benzene rings is 1. The van der Waals surface area contributed by atoms with Crippen LogP contribution in [0.1, 0.15) is 50.0 Å². The zero-order chi connectivity index (χ0) is 16.9. The Morgan fingerprint density at radius 1 is 1.00 bits per heavy atom. The molecule has 3 heteroatoms. The summed E-state index contributed by atoms with van der Waals surface area (Å²) >= 11 is 0. The van der Waals surface area contributed by atoms with Gasteiger partial charge in [0.1, 0.15) is 12.4 Å². The van der Waals surface area contributed by atoms with E-state index >= 15 is 0 Å². The molecule has 132 valence electrons. The van der Waals surface area contributed by atoms with Gasteiger partial charge in [0.15, 0.2) is 0 Å². The summed E-state index contributed by atoms with van der Waals surface area (Å²) in [5.74, 6) is 1.67. The van der Waals surface area contributed by atoms with Crippen LogP contribution in [0.3, 0.4) is 0 Å². The predicted octanol–water partition coefficient (Wildman–Crippen LogP) is 4.88. The van der Waals surface area contributed by atoms with E-state index in [1.165, 1.54) is 62.7 Å². The van der Waals surface area contributed by atoms with Gasteiger partial charge in [-0.15, -0.1) is 0 Å². The van der Waals surface area contributed by atoms with Crippen molar-refractivity contribution in [2.24, 2.45) is 0 Å². The molecule has 2 aliphatic rings. The van der Waals surface area contributed by atoms with Crippen molar-refractivity contribution in [3.63, 3.8) is 0 Å². The first-order chi connectivity index (χ1) is 12.4. The van der Waals surface area contributed by atoms with Crippen molar-refractivity contribution < 1.29 is 4.74 Å². The average molecular weight is 336 g/mol. The molecule has 0 N–H and O–H groups in total. The number of likely N-dealkylation sites (tertiary alicyclic amines) is 1. The lowest BCUT2D eigenvalue weighted by molar-refractivity contribution is 0.237. The third-order valence-electron chi connectivity index (χ3n) is 5.63. The van der Waals surface area contributed by atoms with Crippen molar-refractivity contribution in [3.05, 3.63) is 48.2 Å². The minimum atomic E-state index is 0.652. The van der Waals surface area contributed by atoms with Crippen molar-refractivity contribution in [1.29, 1.82) is 0 Å². The van der Waals surface area contributed by atoms with Crippen LogP contribution < -0.4 is 4.74 Å². The molecule has 0 unspecified atom stereocenters. The van der Waals surface area contributed by atoms with E-state index in [4.69, 9.17) is 4.74 Å². The number of hydrogen-bond acceptors (Lipinski definition) is 3. The molecule has 0 bridgehead atoms. The van der Waals surface area contributed by atoms with Crippen LogP contribution in [0.4, 0.5) is 0 Å². The highest BCUT2D eigenvalue weighted by atomic mass is 16.5. The van der Waals surface area contributed by atoms with Crippen molar-refractivity contribution in [2.75, 3.05) is 26.2 Å². The lowest BCUT2D eigenvalue weighted by atomic mass is 9.91. The Bertz CT molecular complexity index is 674. The summed E-state index contributed by atoms with van der Waals surface area (Å²) in [6.07, 6.45) is 9.82. The summed E-state index contributed by atoms with van der Waals surface area (Å²) in [4.78, 5) is 7.08. The Hall–Kier alpha value is -1.87. The van der Waals surface area contributed by atoms with Gasteiger partial charge < -0.3 is 4.74 Å². The SMILES string of the molecule is c1ccc(-c2ccc(OCCN3CCCC3)cc2C2CCCC2)nc1. The Morgan fingerprint density at radius 3 is 2.60 bits per heavy atom. The van der Waals surface area contributed by atoms with Gasteiger partial charge in [0.2, 0.25) is 0 Å². The van der Waals surface area contributed by atoms with Crippen LogP contribution in [0.2, 0.25) is 0 Å². The van der Waals surface area contributed by atoms with Gasteiger partial charge in [0, 0.05) is 18.3 Å². The normalized spacial score (nSPS) is 18.7. The molecule has 4 rings (SSSR count). The third kappa shape index (κ3) is 4.04. The van der Waals surface area contributed by atoms with E-state index in [-0.39, 0.29) is 0 Å². The molecule has 0 amide bonds. The first-order valence-corrected chi connectivity index (χ1v) is 9.81. The summed E-state index contributed by atoms with van der Waals surface area (Å²) in [5.41, 5.74) is 3.78. The summed E-state index contributed by atoms with van der Waals surface area (Å²) in [6, 6.07) is 12.8. The van der Waals surface area contributed by atoms with Gasteiger partial charge in [0.05, 0.1) is 5.69 Å². The van der Waals surface area contributed by atoms with Gasteiger partial charge >= 0.3 is 0 Å². The molecule has 2 heterocycles. The van der Waals surface area contributed by atoms with E-state index in [0.29, 0.717) is 5.92 Å². The van der Waals surface area contributed by atoms with Gasteiger partial charge in [-0.1, -0.05) is 18.9 Å². The number of hydrogen-bond donors (Lipinski definition) is 0. The first kappa shape index (κ1) is 16.6. The number of pyridine rings is 1. The molecule has 1 aliphatic carbocycles. The standard InChI is InChI=1S/C22H28N2O/c1-2-8-18(7-1)21-17-19(25-16-15-24-13-5-6-14-24)10-11-20(21)22-9-3-4-12-23-22/h3-4,9-12,17-18H,1-2,5-8,13-16H2. The summed E-state index contributed by atoms with van der Waals surface area (Å²) in [6.45, 7) is 4.29. The number of rotatable bonds is 6. The van der Waals surface area contributed by atoms with E-state index < -0.39 is 0 Å². The van der Waals surface area contributed by atoms with Crippen LogP contribution in [-0.2, 0) is 0 Å². The second-order valence-corrected chi connectivity index (χ2v) is 7.34. The van der Waals surface area contributed by atoms with Crippen LogP contribution in [0.5, 0.6) is 5.75 Å². The minimum Gasteiger partial charge on any atom is -0.492 e. The summed E-state index contributed by atoms with van der Waals surface area (Å²) in [7, 11) is 0. The van der Waals surface area contributed by atoms with Gasteiger partial charge in [-0.2, -0.15) is 0 Å². The van der Waals surface area contributed by atoms with Crippen LogP contribution in [0, 0.1) is 0 Å². The fourth-order valence-corrected chi connectivity index (χ4v) is 4.26. The Balaban J connectivity index is 1.51. The molecule has 0 atom stereocenters. The van der Waals surface area contributed by atoms with Gasteiger partial charge in [-0.25, -0.2) is 0 Å². The Kier molecular flexibility index (Phi) is 5.31. The Labute approximate surface area is 151 Å². The topological polar surface area (TPSA) is 25.4 Å². The van der Waals surface area contributed by atoms with E-state index in [1.807, 2.05) is 12.3 Å². The van der Waals surface area contributed by atoms with E-state index in [9.17, 15) is 0 Å². The summed E-state index contributed by atoms with van der Waals surface area (Å²) < 4.78 is 6.10. The van der Waals surface area contributed by atoms with E-state index in [0.717, 1.165) is 24.6 Å². The van der Waals surface area contributed by atoms with Crippen molar-refractivity contribution in [1.82, 2.24) is 9.88 Å². The average Bonchev–Trinajstić information content (AvgIpc) is 3.36. The highest BCUT2D eigenvalue weighted by Crippen LogP contribution is 2.40. The molecule has 25 heavy (non-hydrogen) atoms. The lowest BCUT2D eigenvalue weighted by Gasteiger charge is -2.18. The highest BCUT2D eigenvalue weighted by molar-refractivity contribution is 5.66. The summed E-state index contributed by atoms with van der Waals surface area (Å²) in [5, 5.41) is 0. The molecule has 3 nitrogen and oxygen atoms in total. The minimum absolute atomic E-state index is 0.652. The molecular formula is C22H28N2O. The van der Waals surface area contributed by atoms with Crippen LogP contribution in [-0.4, -0.2) is 36.1 Å². The fraction of sp³-hybridized carbons (Fsp3) is 0.500. The smallest absolute Gasteiger partial charge is 0.119 e. The maximum Gasteiger partial charge on any atom is 0.119 e. The van der Waals surface area contributed by atoms with Gasteiger partial charge in [-0.3, -0.25) is 9.88 Å². The third-order valence-corrected chi connectivity index (χ3v) is 5.63. The highest BCUT2D eigenvalue weighted by Gasteiger charge is 2.21. The second kappa shape index (κ2) is 8.01. The number of aromatic nitrogens is 1. The molecule has 2 aromatic rings. The zero-order valence-electron chi connectivity index (χ0n) is 15.0. The molecule has 1 aliphatic heterocycles. The second-order valence-electron chi connectivity index (χ2n) is 7.34. The fourth-order valence-electron chi connectivity index (χ4n) is 4.26. The molecule has 1 saturated heterocycles. The van der Waals surface area contributed by atoms with Gasteiger partial charge in [-0.05, 0) is 80.6 Å². The van der Waals surface area contributed by atoms with Crippen molar-refractivity contribution >= 4 is 0 Å². The first-order valence-electron chi connectivity index (χ1n) is 9.81. The molecule has 0 radical (unpaired) electrons. The molecule has 1 aromatic carbocycles. The molecule has 0 spiro atoms. The van der Waals surface area contributed by atoms with Crippen molar-refractivity contribution in [2.45, 2.75) is 44.4 Å². The zero-order valence-corrected chi connectivity index (χ0v) is 15.0. The monoisotopic (exact) mass is 336 g/mol. The largest absolute Gasteiger partial charge is 0.492 e. The molecular weight excluding hydrogens is 308 g/mol. The maximum atomic E-state index is 6.10. The van der Waals surface area contributed by atoms with Gasteiger partial charge in [0.25, 0.3) is 0 Å².